The number of benzene rings is 3. The monoisotopic (exact) mass is 426 g/mol. The zero-order valence-corrected chi connectivity index (χ0v) is 18.8. The molecule has 0 radical (unpaired) electrons. The van der Waals surface area contributed by atoms with Gasteiger partial charge in [-0.1, -0.05) is 54.6 Å². The number of ether oxygens (including phenoxy) is 2. The van der Waals surface area contributed by atoms with Crippen LogP contribution < -0.4 is 28.3 Å². The van der Waals surface area contributed by atoms with Gasteiger partial charge in [0.15, 0.2) is 6.29 Å². The van der Waals surface area contributed by atoms with Crippen LogP contribution in [0.5, 0.6) is 0 Å². The van der Waals surface area contributed by atoms with Crippen molar-refractivity contribution in [3.8, 4) is 0 Å². The van der Waals surface area contributed by atoms with Crippen LogP contribution in [0, 0.1) is 0 Å². The molecule has 3 aromatic carbocycles. The maximum Gasteiger partial charge on any atom is 0.176 e. The minimum atomic E-state index is -1.87. The van der Waals surface area contributed by atoms with Crippen molar-refractivity contribution in [1.29, 1.82) is 0 Å². The van der Waals surface area contributed by atoms with E-state index in [2.05, 4.69) is 104 Å². The topological polar surface area (TPSA) is 18.5 Å². The van der Waals surface area contributed by atoms with Gasteiger partial charge in [-0.05, 0) is 55.0 Å². The van der Waals surface area contributed by atoms with E-state index in [-0.39, 0.29) is 18.7 Å². The summed E-state index contributed by atoms with van der Waals surface area (Å²) < 4.78 is 10.8. The maximum absolute atomic E-state index is 5.42. The predicted molar refractivity (Wildman–Crippen MR) is 122 cm³/mol. The summed E-state index contributed by atoms with van der Waals surface area (Å²) in [6.45, 7) is 2.18. The van der Waals surface area contributed by atoms with Gasteiger partial charge in [-0.3, -0.25) is 0 Å². The number of allylic oxidation sites excluding steroid dienone is 1. The van der Waals surface area contributed by atoms with Crippen molar-refractivity contribution in [1.82, 2.24) is 0 Å². The first-order valence-electron chi connectivity index (χ1n) is 9.48. The minimum Gasteiger partial charge on any atom is -1.00 e. The number of methoxy groups -OCH3 is 2. The summed E-state index contributed by atoms with van der Waals surface area (Å²) in [6.07, 6.45) is 2.70. The Kier molecular flexibility index (Phi) is 9.07. The van der Waals surface area contributed by atoms with Crippen LogP contribution >= 0.6 is 7.26 Å². The fourth-order valence-electron chi connectivity index (χ4n) is 3.66. The van der Waals surface area contributed by atoms with Gasteiger partial charge in [-0.2, -0.15) is 0 Å². The molecule has 0 atom stereocenters. The standard InChI is InChI=1S/C25H28O2P.ClH/c1-21(19-25(26-2)27-3)20-28(22-13-7-4-8-14-22,23-15-9-5-10-16-23)24-17-11-6-12-18-24;/h4-19,25H,20H2,1-3H3;1H/q+1;/p-1. The molecule has 0 bridgehead atoms. The Morgan fingerprint density at radius 2 is 1.07 bits per heavy atom. The van der Waals surface area contributed by atoms with Gasteiger partial charge in [0.05, 0.1) is 6.16 Å². The highest BCUT2D eigenvalue weighted by molar-refractivity contribution is 7.95. The first-order valence-corrected chi connectivity index (χ1v) is 11.5. The highest BCUT2D eigenvalue weighted by Crippen LogP contribution is 2.56. The van der Waals surface area contributed by atoms with Gasteiger partial charge in [0.1, 0.15) is 23.2 Å². The molecule has 0 saturated carbocycles. The van der Waals surface area contributed by atoms with Crippen LogP contribution in [-0.2, 0) is 9.47 Å². The highest BCUT2D eigenvalue weighted by Gasteiger charge is 2.45. The second-order valence-electron chi connectivity index (χ2n) is 6.83. The van der Waals surface area contributed by atoms with Crippen LogP contribution in [0.15, 0.2) is 103 Å². The average molecular weight is 427 g/mol. The first-order chi connectivity index (χ1) is 13.7. The third-order valence-electron chi connectivity index (χ3n) is 4.96. The fraction of sp³-hybridized carbons (Fsp3) is 0.200. The van der Waals surface area contributed by atoms with Crippen molar-refractivity contribution in [2.45, 2.75) is 13.2 Å². The lowest BCUT2D eigenvalue weighted by molar-refractivity contribution is -0.0670. The highest BCUT2D eigenvalue weighted by atomic mass is 35.5. The molecule has 3 rings (SSSR count). The van der Waals surface area contributed by atoms with Crippen LogP contribution in [0.25, 0.3) is 0 Å². The van der Waals surface area contributed by atoms with E-state index in [0.29, 0.717) is 0 Å². The van der Waals surface area contributed by atoms with Gasteiger partial charge in [-0.25, -0.2) is 0 Å². The molecule has 0 saturated heterocycles. The lowest BCUT2D eigenvalue weighted by atomic mass is 10.3. The van der Waals surface area contributed by atoms with Crippen LogP contribution in [0.2, 0.25) is 0 Å². The van der Waals surface area contributed by atoms with Crippen molar-refractivity contribution in [2.24, 2.45) is 0 Å². The quantitative estimate of drug-likeness (QED) is 0.309. The molecule has 2 nitrogen and oxygen atoms in total. The smallest absolute Gasteiger partial charge is 0.176 e. The SMILES string of the molecule is COC(C=C(C)C[P+](c1ccccc1)(c1ccccc1)c1ccccc1)OC.[Cl-]. The van der Waals surface area contributed by atoms with Gasteiger partial charge in [0, 0.05) is 14.2 Å². The van der Waals surface area contributed by atoms with E-state index in [1.807, 2.05) is 0 Å². The molecule has 0 aliphatic heterocycles. The molecule has 0 fully saturated rings. The molecule has 0 N–H and O–H groups in total. The summed E-state index contributed by atoms with van der Waals surface area (Å²) in [5.74, 6) is 0. The molecule has 0 aliphatic rings. The third kappa shape index (κ3) is 5.35. The second-order valence-corrected chi connectivity index (χ2v) is 10.3. The lowest BCUT2D eigenvalue weighted by Crippen LogP contribution is -3.00. The molecule has 29 heavy (non-hydrogen) atoms. The molecular weight excluding hydrogens is 399 g/mol. The zero-order chi connectivity index (χ0) is 19.8. The van der Waals surface area contributed by atoms with E-state index in [4.69, 9.17) is 9.47 Å². The van der Waals surface area contributed by atoms with Crippen molar-refractivity contribution in [3.63, 3.8) is 0 Å². The normalized spacial score (nSPS) is 11.9. The minimum absolute atomic E-state index is 0. The Morgan fingerprint density at radius 1 is 0.724 bits per heavy atom. The summed E-state index contributed by atoms with van der Waals surface area (Å²) >= 11 is 0. The number of hydrogen-bond acceptors (Lipinski definition) is 2. The fourth-order valence-corrected chi connectivity index (χ4v) is 8.00. The molecule has 0 unspecified atom stereocenters. The molecule has 3 aromatic rings. The molecular formula is C25H28ClO2P. The Balaban J connectivity index is 0.00000300. The largest absolute Gasteiger partial charge is 1.00 e. The van der Waals surface area contributed by atoms with Crippen molar-refractivity contribution in [3.05, 3.63) is 103 Å². The first kappa shape index (κ1) is 23.3. The molecule has 0 amide bonds. The molecule has 0 heterocycles. The van der Waals surface area contributed by atoms with E-state index in [1.165, 1.54) is 21.5 Å². The van der Waals surface area contributed by atoms with Gasteiger partial charge in [0.25, 0.3) is 0 Å². The van der Waals surface area contributed by atoms with Crippen LogP contribution in [-0.4, -0.2) is 26.7 Å². The lowest BCUT2D eigenvalue weighted by Gasteiger charge is -2.28. The predicted octanol–water partition coefficient (Wildman–Crippen LogP) is 1.55. The summed E-state index contributed by atoms with van der Waals surface area (Å²) in [5.41, 5.74) is 1.26. The Hall–Kier alpha value is -1.96. The zero-order valence-electron chi connectivity index (χ0n) is 17.2. The molecule has 152 valence electrons. The van der Waals surface area contributed by atoms with E-state index in [1.54, 1.807) is 14.2 Å². The summed E-state index contributed by atoms with van der Waals surface area (Å²) in [4.78, 5) is 0. The second kappa shape index (κ2) is 11.3. The maximum atomic E-state index is 5.42. The van der Waals surface area contributed by atoms with E-state index in [9.17, 15) is 0 Å². The van der Waals surface area contributed by atoms with E-state index < -0.39 is 7.26 Å². The van der Waals surface area contributed by atoms with Crippen LogP contribution in [0.1, 0.15) is 6.92 Å². The van der Waals surface area contributed by atoms with Crippen molar-refractivity contribution >= 4 is 23.2 Å². The summed E-state index contributed by atoms with van der Waals surface area (Å²) in [5, 5.41) is 4.14. The van der Waals surface area contributed by atoms with Crippen molar-refractivity contribution in [2.75, 3.05) is 20.4 Å². The number of halogens is 1. The summed E-state index contributed by atoms with van der Waals surface area (Å²) in [6, 6.07) is 32.7. The van der Waals surface area contributed by atoms with Gasteiger partial charge in [0.2, 0.25) is 0 Å². The molecule has 4 heteroatoms. The summed E-state index contributed by atoms with van der Waals surface area (Å²) in [7, 11) is 1.48. The molecule has 0 aromatic heterocycles. The Morgan fingerprint density at radius 3 is 1.38 bits per heavy atom. The van der Waals surface area contributed by atoms with Crippen molar-refractivity contribution < 1.29 is 21.9 Å². The van der Waals surface area contributed by atoms with E-state index in [0.717, 1.165) is 6.16 Å². The van der Waals surface area contributed by atoms with Crippen LogP contribution in [0.4, 0.5) is 0 Å². The Labute approximate surface area is 181 Å². The number of hydrogen-bond donors (Lipinski definition) is 0. The number of rotatable bonds is 8. The van der Waals surface area contributed by atoms with Crippen LogP contribution in [0.3, 0.4) is 0 Å². The average Bonchev–Trinajstić information content (AvgIpc) is 2.77. The molecule has 0 aliphatic carbocycles. The van der Waals surface area contributed by atoms with Gasteiger partial charge < -0.3 is 21.9 Å². The Bertz CT molecular complexity index is 782. The van der Waals surface area contributed by atoms with E-state index >= 15 is 0 Å². The van der Waals surface area contributed by atoms with Gasteiger partial charge >= 0.3 is 0 Å². The third-order valence-corrected chi connectivity index (χ3v) is 9.47. The van der Waals surface area contributed by atoms with Gasteiger partial charge in [-0.15, -0.1) is 0 Å². The molecule has 0 spiro atoms.